The van der Waals surface area contributed by atoms with Crippen LogP contribution in [0.25, 0.3) is 5.69 Å². The number of Topliss-reactive ketones (excluding diaryl/α,β-unsaturated/α-hetero) is 1. The number of rotatable bonds is 4. The van der Waals surface area contributed by atoms with Crippen LogP contribution >= 0.6 is 0 Å². The molecule has 0 fully saturated rings. The van der Waals surface area contributed by atoms with E-state index in [0.717, 1.165) is 5.69 Å². The van der Waals surface area contributed by atoms with Crippen LogP contribution in [0.4, 0.5) is 0 Å². The number of carbonyl (C=O) groups excluding carboxylic acids is 2. The number of esters is 1. The molecule has 0 saturated heterocycles. The highest BCUT2D eigenvalue weighted by atomic mass is 16.6. The van der Waals surface area contributed by atoms with E-state index in [-0.39, 0.29) is 12.2 Å². The van der Waals surface area contributed by atoms with Crippen molar-refractivity contribution in [1.82, 2.24) is 14.8 Å². The maximum Gasteiger partial charge on any atom is 0.314 e. The van der Waals surface area contributed by atoms with E-state index in [1.165, 1.54) is 12.7 Å². The Bertz CT molecular complexity index is 642. The van der Waals surface area contributed by atoms with Gasteiger partial charge in [-0.1, -0.05) is 12.1 Å². The van der Waals surface area contributed by atoms with Crippen LogP contribution in [0.3, 0.4) is 0 Å². The summed E-state index contributed by atoms with van der Waals surface area (Å²) < 4.78 is 6.83. The van der Waals surface area contributed by atoms with E-state index < -0.39 is 11.6 Å². The Balaban J connectivity index is 2.10. The molecule has 0 aliphatic carbocycles. The molecule has 2 rings (SSSR count). The minimum absolute atomic E-state index is 0.275. The van der Waals surface area contributed by atoms with E-state index in [4.69, 9.17) is 4.74 Å². The number of hydrogen-bond donors (Lipinski definition) is 0. The van der Waals surface area contributed by atoms with Crippen LogP contribution in [0, 0.1) is 0 Å². The molecular weight excluding hydrogens is 270 g/mol. The molecule has 21 heavy (non-hydrogen) atoms. The first kappa shape index (κ1) is 14.9. The summed E-state index contributed by atoms with van der Waals surface area (Å²) in [5.41, 5.74) is 0.615. The van der Waals surface area contributed by atoms with E-state index in [1.54, 1.807) is 43.5 Å². The van der Waals surface area contributed by atoms with Crippen molar-refractivity contribution in [3.63, 3.8) is 0 Å². The quantitative estimate of drug-likeness (QED) is 0.489. The second kappa shape index (κ2) is 5.87. The zero-order chi connectivity index (χ0) is 15.5. The average Bonchev–Trinajstić information content (AvgIpc) is 2.90. The first-order chi connectivity index (χ1) is 9.85. The summed E-state index contributed by atoms with van der Waals surface area (Å²) in [6.07, 6.45) is 2.80. The van der Waals surface area contributed by atoms with Gasteiger partial charge in [0.2, 0.25) is 0 Å². The average molecular weight is 287 g/mol. The predicted molar refractivity (Wildman–Crippen MR) is 76.2 cm³/mol. The van der Waals surface area contributed by atoms with Gasteiger partial charge >= 0.3 is 5.97 Å². The smallest absolute Gasteiger partial charge is 0.314 e. The Hall–Kier alpha value is -2.50. The second-order valence-corrected chi connectivity index (χ2v) is 5.61. The van der Waals surface area contributed by atoms with E-state index in [9.17, 15) is 9.59 Å². The summed E-state index contributed by atoms with van der Waals surface area (Å²) in [6.45, 7) is 5.30. The molecule has 1 heterocycles. The molecule has 6 heteroatoms. The monoisotopic (exact) mass is 287 g/mol. The maximum absolute atomic E-state index is 12.1. The van der Waals surface area contributed by atoms with Gasteiger partial charge < -0.3 is 4.74 Å². The van der Waals surface area contributed by atoms with Gasteiger partial charge in [-0.3, -0.25) is 14.2 Å². The van der Waals surface area contributed by atoms with E-state index in [2.05, 4.69) is 10.2 Å². The lowest BCUT2D eigenvalue weighted by Gasteiger charge is -2.19. The zero-order valence-electron chi connectivity index (χ0n) is 12.2. The Morgan fingerprint density at radius 2 is 1.86 bits per heavy atom. The number of benzene rings is 1. The van der Waals surface area contributed by atoms with Gasteiger partial charge in [-0.2, -0.15) is 0 Å². The van der Waals surface area contributed by atoms with E-state index in [0.29, 0.717) is 5.56 Å². The highest BCUT2D eigenvalue weighted by Gasteiger charge is 2.19. The zero-order valence-corrected chi connectivity index (χ0v) is 12.2. The molecule has 1 aromatic carbocycles. The maximum atomic E-state index is 12.1. The van der Waals surface area contributed by atoms with Crippen LogP contribution in [0.1, 0.15) is 37.6 Å². The van der Waals surface area contributed by atoms with Crippen LogP contribution in [0.2, 0.25) is 0 Å². The van der Waals surface area contributed by atoms with Crippen molar-refractivity contribution < 1.29 is 14.3 Å². The van der Waals surface area contributed by atoms with Crippen molar-refractivity contribution >= 4 is 11.8 Å². The molecule has 2 aromatic rings. The number of hydrogen-bond acceptors (Lipinski definition) is 5. The third kappa shape index (κ3) is 4.24. The van der Waals surface area contributed by atoms with Gasteiger partial charge in [-0.05, 0) is 32.9 Å². The SMILES string of the molecule is CC(C)(C)OC(=O)CC(=O)c1cccc(-n2cnnc2)c1. The number of ketones is 1. The summed E-state index contributed by atoms with van der Waals surface area (Å²) in [7, 11) is 0. The fourth-order valence-corrected chi connectivity index (χ4v) is 1.78. The van der Waals surface area contributed by atoms with Crippen LogP contribution < -0.4 is 0 Å². The standard InChI is InChI=1S/C15H17N3O3/c1-15(2,3)21-14(20)8-13(19)11-5-4-6-12(7-11)18-9-16-17-10-18/h4-7,9-10H,8H2,1-3H3. The molecule has 1 aromatic heterocycles. The molecular formula is C15H17N3O3. The normalized spacial score (nSPS) is 11.2. The van der Waals surface area contributed by atoms with Gasteiger partial charge in [-0.25, -0.2) is 0 Å². The first-order valence-electron chi connectivity index (χ1n) is 6.55. The van der Waals surface area contributed by atoms with Gasteiger partial charge in [0.1, 0.15) is 24.7 Å². The highest BCUT2D eigenvalue weighted by Crippen LogP contribution is 2.14. The summed E-state index contributed by atoms with van der Waals surface area (Å²) in [6, 6.07) is 6.93. The number of aromatic nitrogens is 3. The fourth-order valence-electron chi connectivity index (χ4n) is 1.78. The van der Waals surface area contributed by atoms with Crippen LogP contribution in [0.5, 0.6) is 0 Å². The molecule has 0 aliphatic heterocycles. The minimum atomic E-state index is -0.596. The van der Waals surface area contributed by atoms with Crippen molar-refractivity contribution in [2.24, 2.45) is 0 Å². The van der Waals surface area contributed by atoms with Gasteiger partial charge in [0.05, 0.1) is 0 Å². The molecule has 0 unspecified atom stereocenters. The van der Waals surface area contributed by atoms with Gasteiger partial charge in [0.15, 0.2) is 5.78 Å². The van der Waals surface area contributed by atoms with Crippen molar-refractivity contribution in [3.05, 3.63) is 42.5 Å². The van der Waals surface area contributed by atoms with Gasteiger partial charge in [0.25, 0.3) is 0 Å². The lowest BCUT2D eigenvalue weighted by Crippen LogP contribution is -2.25. The van der Waals surface area contributed by atoms with Crippen LogP contribution in [-0.4, -0.2) is 32.1 Å². The third-order valence-electron chi connectivity index (χ3n) is 2.61. The third-order valence-corrected chi connectivity index (χ3v) is 2.61. The predicted octanol–water partition coefficient (Wildman–Crippen LogP) is 2.18. The molecule has 0 amide bonds. The van der Waals surface area contributed by atoms with Crippen molar-refractivity contribution in [2.45, 2.75) is 32.8 Å². The molecule has 0 radical (unpaired) electrons. The fraction of sp³-hybridized carbons (Fsp3) is 0.333. The van der Waals surface area contributed by atoms with Crippen molar-refractivity contribution in [2.75, 3.05) is 0 Å². The highest BCUT2D eigenvalue weighted by molar-refractivity contribution is 6.06. The van der Waals surface area contributed by atoms with Crippen LogP contribution in [0.15, 0.2) is 36.9 Å². The molecule has 0 aliphatic rings. The number of carbonyl (C=O) groups is 2. The number of nitrogens with zero attached hydrogens (tertiary/aromatic N) is 3. The van der Waals surface area contributed by atoms with Crippen molar-refractivity contribution in [1.29, 1.82) is 0 Å². The minimum Gasteiger partial charge on any atom is -0.460 e. The van der Waals surface area contributed by atoms with Gasteiger partial charge in [0, 0.05) is 11.3 Å². The van der Waals surface area contributed by atoms with Crippen LogP contribution in [-0.2, 0) is 9.53 Å². The van der Waals surface area contributed by atoms with E-state index >= 15 is 0 Å². The Labute approximate surface area is 122 Å². The topological polar surface area (TPSA) is 74.1 Å². The molecule has 0 N–H and O–H groups in total. The molecule has 0 atom stereocenters. The summed E-state index contributed by atoms with van der Waals surface area (Å²) in [5, 5.41) is 7.43. The Morgan fingerprint density at radius 1 is 1.19 bits per heavy atom. The molecule has 110 valence electrons. The first-order valence-corrected chi connectivity index (χ1v) is 6.55. The molecule has 0 saturated carbocycles. The summed E-state index contributed by atoms with van der Waals surface area (Å²) >= 11 is 0. The summed E-state index contributed by atoms with van der Waals surface area (Å²) in [5.74, 6) is -0.804. The Kier molecular flexibility index (Phi) is 4.16. The van der Waals surface area contributed by atoms with Crippen molar-refractivity contribution in [3.8, 4) is 5.69 Å². The summed E-state index contributed by atoms with van der Waals surface area (Å²) in [4.78, 5) is 23.8. The lowest BCUT2D eigenvalue weighted by molar-refractivity contribution is -0.153. The largest absolute Gasteiger partial charge is 0.460 e. The Morgan fingerprint density at radius 3 is 2.48 bits per heavy atom. The lowest BCUT2D eigenvalue weighted by atomic mass is 10.1. The van der Waals surface area contributed by atoms with Gasteiger partial charge in [-0.15, -0.1) is 10.2 Å². The molecule has 0 spiro atoms. The van der Waals surface area contributed by atoms with E-state index in [1.807, 2.05) is 6.07 Å². The number of ether oxygens (including phenoxy) is 1. The molecule has 6 nitrogen and oxygen atoms in total. The second-order valence-electron chi connectivity index (χ2n) is 5.61. The molecule has 0 bridgehead atoms.